The van der Waals surface area contributed by atoms with Gasteiger partial charge in [0.2, 0.25) is 11.8 Å². The van der Waals surface area contributed by atoms with Crippen molar-refractivity contribution in [3.63, 3.8) is 0 Å². The molecule has 170 valence electrons. The zero-order valence-corrected chi connectivity index (χ0v) is 17.9. The number of hydrogen-bond donors (Lipinski definition) is 1. The molecule has 0 saturated carbocycles. The highest BCUT2D eigenvalue weighted by Gasteiger charge is 2.26. The van der Waals surface area contributed by atoms with Crippen molar-refractivity contribution in [3.8, 4) is 11.6 Å². The Morgan fingerprint density at radius 3 is 2.42 bits per heavy atom. The SMILES string of the molecule is CC(C)C(C(=O)NCc1ccc(Oc2ccc(F)cc2)nc1)n1cnc2cc(F)c(F)cc21. The Hall–Kier alpha value is -3.88. The third kappa shape index (κ3) is 4.97. The Balaban J connectivity index is 1.44. The van der Waals surface area contributed by atoms with Crippen molar-refractivity contribution in [3.05, 3.63) is 84.1 Å². The van der Waals surface area contributed by atoms with E-state index < -0.39 is 17.7 Å². The van der Waals surface area contributed by atoms with Crippen LogP contribution < -0.4 is 10.1 Å². The lowest BCUT2D eigenvalue weighted by atomic mass is 10.0. The minimum Gasteiger partial charge on any atom is -0.439 e. The number of carbonyl (C=O) groups is 1. The predicted molar refractivity (Wildman–Crippen MR) is 116 cm³/mol. The number of imidazole rings is 1. The molecule has 1 N–H and O–H groups in total. The van der Waals surface area contributed by atoms with Crippen LogP contribution in [-0.4, -0.2) is 20.4 Å². The lowest BCUT2D eigenvalue weighted by molar-refractivity contribution is -0.125. The molecule has 0 saturated heterocycles. The summed E-state index contributed by atoms with van der Waals surface area (Å²) in [5.41, 5.74) is 1.35. The molecule has 2 aromatic heterocycles. The molecule has 4 aromatic rings. The van der Waals surface area contributed by atoms with Crippen LogP contribution in [0.15, 0.2) is 61.1 Å². The largest absolute Gasteiger partial charge is 0.439 e. The number of ether oxygens (including phenoxy) is 1. The Kier molecular flexibility index (Phi) is 6.30. The Morgan fingerprint density at radius 1 is 1.03 bits per heavy atom. The molecule has 0 aliphatic heterocycles. The van der Waals surface area contributed by atoms with Gasteiger partial charge in [-0.15, -0.1) is 0 Å². The minimum atomic E-state index is -0.999. The van der Waals surface area contributed by atoms with Crippen LogP contribution in [0.3, 0.4) is 0 Å². The number of nitrogens with zero attached hydrogens (tertiary/aromatic N) is 3. The van der Waals surface area contributed by atoms with Gasteiger partial charge < -0.3 is 14.6 Å². The van der Waals surface area contributed by atoms with Gasteiger partial charge in [-0.3, -0.25) is 4.79 Å². The van der Waals surface area contributed by atoms with Gasteiger partial charge in [0.1, 0.15) is 17.6 Å². The van der Waals surface area contributed by atoms with Gasteiger partial charge in [0.05, 0.1) is 17.4 Å². The van der Waals surface area contributed by atoms with Crippen molar-refractivity contribution in [1.29, 1.82) is 0 Å². The molecule has 9 heteroatoms. The Morgan fingerprint density at radius 2 is 1.76 bits per heavy atom. The third-order valence-electron chi connectivity index (χ3n) is 5.12. The molecule has 1 unspecified atom stereocenters. The standard InChI is InChI=1S/C24H21F3N4O2/c1-14(2)23(31-13-30-20-9-18(26)19(27)10-21(20)31)24(32)29-12-15-3-8-22(28-11-15)33-17-6-4-16(25)5-7-17/h3-11,13-14,23H,12H2,1-2H3,(H,29,32). The predicted octanol–water partition coefficient (Wildman–Crippen LogP) is 5.15. The molecule has 0 radical (unpaired) electrons. The van der Waals surface area contributed by atoms with E-state index in [-0.39, 0.29) is 29.7 Å². The summed E-state index contributed by atoms with van der Waals surface area (Å²) in [6.45, 7) is 3.93. The van der Waals surface area contributed by atoms with E-state index in [4.69, 9.17) is 4.74 Å². The Labute approximate surface area is 188 Å². The molecular formula is C24H21F3N4O2. The van der Waals surface area contributed by atoms with Crippen LogP contribution in [0.1, 0.15) is 25.5 Å². The molecule has 0 aliphatic carbocycles. The number of carbonyl (C=O) groups excluding carboxylic acids is 1. The van der Waals surface area contributed by atoms with Gasteiger partial charge in [0, 0.05) is 30.9 Å². The van der Waals surface area contributed by atoms with Crippen molar-refractivity contribution in [2.24, 2.45) is 5.92 Å². The summed E-state index contributed by atoms with van der Waals surface area (Å²) in [6.07, 6.45) is 2.98. The van der Waals surface area contributed by atoms with Gasteiger partial charge in [-0.1, -0.05) is 19.9 Å². The summed E-state index contributed by atoms with van der Waals surface area (Å²) in [7, 11) is 0. The van der Waals surface area contributed by atoms with Crippen molar-refractivity contribution in [2.75, 3.05) is 0 Å². The highest BCUT2D eigenvalue weighted by molar-refractivity contribution is 5.84. The second-order valence-electron chi connectivity index (χ2n) is 7.87. The number of hydrogen-bond acceptors (Lipinski definition) is 4. The fraction of sp³-hybridized carbons (Fsp3) is 0.208. The molecule has 0 aliphatic rings. The summed E-state index contributed by atoms with van der Waals surface area (Å²) in [4.78, 5) is 21.3. The zero-order valence-electron chi connectivity index (χ0n) is 17.9. The smallest absolute Gasteiger partial charge is 0.243 e. The quantitative estimate of drug-likeness (QED) is 0.419. The lowest BCUT2D eigenvalue weighted by Crippen LogP contribution is -2.34. The van der Waals surface area contributed by atoms with Crippen LogP contribution in [0.25, 0.3) is 11.0 Å². The van der Waals surface area contributed by atoms with E-state index in [0.29, 0.717) is 17.1 Å². The van der Waals surface area contributed by atoms with Crippen molar-refractivity contribution in [2.45, 2.75) is 26.4 Å². The minimum absolute atomic E-state index is 0.139. The number of nitrogens with one attached hydrogen (secondary N) is 1. The van der Waals surface area contributed by atoms with Gasteiger partial charge in [0.25, 0.3) is 0 Å². The molecule has 1 amide bonds. The first-order chi connectivity index (χ1) is 15.8. The van der Waals surface area contributed by atoms with E-state index >= 15 is 0 Å². The van der Waals surface area contributed by atoms with E-state index in [1.165, 1.54) is 30.6 Å². The first kappa shape index (κ1) is 22.3. The number of halogens is 3. The van der Waals surface area contributed by atoms with Gasteiger partial charge in [0.15, 0.2) is 11.6 Å². The molecule has 0 fully saturated rings. The molecule has 33 heavy (non-hydrogen) atoms. The second-order valence-corrected chi connectivity index (χ2v) is 7.87. The molecule has 0 spiro atoms. The number of rotatable bonds is 7. The molecule has 0 bridgehead atoms. The normalized spacial score (nSPS) is 12.2. The molecule has 4 rings (SSSR count). The molecule has 2 aromatic carbocycles. The first-order valence-electron chi connectivity index (χ1n) is 10.3. The second kappa shape index (κ2) is 9.32. The van der Waals surface area contributed by atoms with Gasteiger partial charge >= 0.3 is 0 Å². The number of aromatic nitrogens is 3. The maximum atomic E-state index is 13.8. The first-order valence-corrected chi connectivity index (χ1v) is 10.3. The van der Waals surface area contributed by atoms with Gasteiger partial charge in [-0.05, 0) is 35.7 Å². The van der Waals surface area contributed by atoms with E-state index in [1.54, 1.807) is 22.9 Å². The van der Waals surface area contributed by atoms with Gasteiger partial charge in [-0.25, -0.2) is 23.1 Å². The highest BCUT2D eigenvalue weighted by Crippen LogP contribution is 2.26. The van der Waals surface area contributed by atoms with E-state index in [2.05, 4.69) is 15.3 Å². The van der Waals surface area contributed by atoms with Crippen molar-refractivity contribution >= 4 is 16.9 Å². The van der Waals surface area contributed by atoms with Crippen LogP contribution in [0.2, 0.25) is 0 Å². The average molecular weight is 454 g/mol. The molecule has 1 atom stereocenters. The number of pyridine rings is 1. The molecular weight excluding hydrogens is 433 g/mol. The van der Waals surface area contributed by atoms with E-state index in [1.807, 2.05) is 13.8 Å². The summed E-state index contributed by atoms with van der Waals surface area (Å²) >= 11 is 0. The Bertz CT molecular complexity index is 1270. The number of benzene rings is 2. The molecule has 2 heterocycles. The average Bonchev–Trinajstić information content (AvgIpc) is 3.17. The number of fused-ring (bicyclic) bond motifs is 1. The maximum absolute atomic E-state index is 13.8. The number of amides is 1. The van der Waals surface area contributed by atoms with Crippen molar-refractivity contribution < 1.29 is 22.7 Å². The lowest BCUT2D eigenvalue weighted by Gasteiger charge is -2.22. The third-order valence-corrected chi connectivity index (χ3v) is 5.12. The van der Waals surface area contributed by atoms with E-state index in [0.717, 1.165) is 17.7 Å². The summed E-state index contributed by atoms with van der Waals surface area (Å²) in [6, 6.07) is 10.4. The fourth-order valence-electron chi connectivity index (χ4n) is 3.49. The van der Waals surface area contributed by atoms with E-state index in [9.17, 15) is 18.0 Å². The van der Waals surface area contributed by atoms with Crippen LogP contribution in [0.4, 0.5) is 13.2 Å². The monoisotopic (exact) mass is 454 g/mol. The van der Waals surface area contributed by atoms with Crippen LogP contribution in [-0.2, 0) is 11.3 Å². The zero-order chi connectivity index (χ0) is 23.5. The summed E-state index contributed by atoms with van der Waals surface area (Å²) in [5, 5.41) is 2.86. The van der Waals surface area contributed by atoms with Crippen LogP contribution >= 0.6 is 0 Å². The summed E-state index contributed by atoms with van der Waals surface area (Å²) in [5.74, 6) is -1.99. The summed E-state index contributed by atoms with van der Waals surface area (Å²) < 4.78 is 47.4. The topological polar surface area (TPSA) is 69.0 Å². The maximum Gasteiger partial charge on any atom is 0.243 e. The highest BCUT2D eigenvalue weighted by atomic mass is 19.2. The van der Waals surface area contributed by atoms with Gasteiger partial charge in [-0.2, -0.15) is 0 Å². The van der Waals surface area contributed by atoms with Crippen LogP contribution in [0, 0.1) is 23.4 Å². The molecule has 6 nitrogen and oxygen atoms in total. The van der Waals surface area contributed by atoms with Crippen LogP contribution in [0.5, 0.6) is 11.6 Å². The fourth-order valence-corrected chi connectivity index (χ4v) is 3.49. The van der Waals surface area contributed by atoms with Crippen molar-refractivity contribution in [1.82, 2.24) is 19.9 Å².